The summed E-state index contributed by atoms with van der Waals surface area (Å²) in [5.74, 6) is -1.04. The van der Waals surface area contributed by atoms with Gasteiger partial charge in [0.15, 0.2) is 5.65 Å². The Bertz CT molecular complexity index is 1520. The smallest absolute Gasteiger partial charge is 0.252 e. The van der Waals surface area contributed by atoms with Crippen molar-refractivity contribution in [2.24, 2.45) is 0 Å². The Morgan fingerprint density at radius 2 is 1.97 bits per heavy atom. The fraction of sp³-hybridized carbons (Fsp3) is 0.0952. The van der Waals surface area contributed by atoms with Crippen molar-refractivity contribution < 1.29 is 17.6 Å². The normalized spacial score (nSPS) is 15.7. The zero-order valence-corrected chi connectivity index (χ0v) is 18.1. The van der Waals surface area contributed by atoms with Crippen LogP contribution in [0.25, 0.3) is 16.8 Å². The maximum absolute atomic E-state index is 13.9. The van der Waals surface area contributed by atoms with E-state index in [0.717, 1.165) is 0 Å². The molecule has 8 nitrogen and oxygen atoms in total. The Morgan fingerprint density at radius 1 is 1.16 bits per heavy atom. The molecule has 2 aromatic carbocycles. The van der Waals surface area contributed by atoms with Crippen molar-refractivity contribution >= 4 is 33.2 Å². The summed E-state index contributed by atoms with van der Waals surface area (Å²) in [6, 6.07) is 9.39. The molecule has 0 saturated heterocycles. The van der Waals surface area contributed by atoms with Crippen LogP contribution < -0.4 is 10.0 Å². The largest absolute Gasteiger partial charge is 0.341 e. The topological polar surface area (TPSA) is 105 Å². The lowest BCUT2D eigenvalue weighted by atomic mass is 9.95. The molecule has 4 aromatic rings. The van der Waals surface area contributed by atoms with Crippen LogP contribution in [0.2, 0.25) is 5.02 Å². The van der Waals surface area contributed by atoms with Crippen molar-refractivity contribution in [1.29, 1.82) is 0 Å². The first-order chi connectivity index (χ1) is 15.3. The molecule has 1 amide bonds. The Balaban J connectivity index is 1.77. The van der Waals surface area contributed by atoms with Crippen molar-refractivity contribution in [2.45, 2.75) is 10.9 Å². The van der Waals surface area contributed by atoms with Crippen LogP contribution in [0.4, 0.5) is 4.39 Å². The summed E-state index contributed by atoms with van der Waals surface area (Å²) in [6.45, 7) is 0. The van der Waals surface area contributed by atoms with Gasteiger partial charge in [-0.2, -0.15) is 5.10 Å². The summed E-state index contributed by atoms with van der Waals surface area (Å²) in [5, 5.41) is 7.04. The minimum absolute atomic E-state index is 0.102. The number of sulfonamides is 1. The number of benzene rings is 2. The minimum Gasteiger partial charge on any atom is -0.341 e. The Hall–Kier alpha value is -3.34. The molecular weight excluding hydrogens is 457 g/mol. The molecule has 0 spiro atoms. The standard InChI is InChI=1S/C21H15ClFN5O3S/c1-24-32(30,31)17-7-12(11-2-5-18-25-10-26-28(18)9-11)6-15-19(17)20(27-21(15)29)14-8-13(23)3-4-16(14)22/h2-10,20,24H,1H3,(H,27,29). The van der Waals surface area contributed by atoms with Crippen LogP contribution in [0.1, 0.15) is 27.5 Å². The van der Waals surface area contributed by atoms with E-state index in [-0.39, 0.29) is 26.6 Å². The highest BCUT2D eigenvalue weighted by molar-refractivity contribution is 7.89. The molecule has 0 aliphatic carbocycles. The third kappa shape index (κ3) is 3.24. The zero-order chi connectivity index (χ0) is 22.6. The fourth-order valence-electron chi connectivity index (χ4n) is 3.85. The third-order valence-electron chi connectivity index (χ3n) is 5.39. The number of halogens is 2. The van der Waals surface area contributed by atoms with Gasteiger partial charge in [-0.15, -0.1) is 0 Å². The molecule has 0 radical (unpaired) electrons. The number of aromatic nitrogens is 3. The van der Waals surface area contributed by atoms with Crippen molar-refractivity contribution in [3.05, 3.63) is 82.5 Å². The van der Waals surface area contributed by atoms with Crippen LogP contribution in [0.5, 0.6) is 0 Å². The van der Waals surface area contributed by atoms with Gasteiger partial charge in [-0.3, -0.25) is 4.79 Å². The van der Waals surface area contributed by atoms with E-state index in [2.05, 4.69) is 20.1 Å². The van der Waals surface area contributed by atoms with Gasteiger partial charge in [-0.25, -0.2) is 27.0 Å². The molecule has 162 valence electrons. The van der Waals surface area contributed by atoms with Gasteiger partial charge < -0.3 is 5.32 Å². The van der Waals surface area contributed by atoms with Crippen LogP contribution in [-0.2, 0) is 10.0 Å². The molecule has 3 heterocycles. The zero-order valence-electron chi connectivity index (χ0n) is 16.5. The van der Waals surface area contributed by atoms with Crippen LogP contribution in [0, 0.1) is 5.82 Å². The van der Waals surface area contributed by atoms with Gasteiger partial charge >= 0.3 is 0 Å². The second kappa shape index (κ2) is 7.37. The molecule has 0 fully saturated rings. The Kier molecular flexibility index (Phi) is 4.73. The molecule has 32 heavy (non-hydrogen) atoms. The van der Waals surface area contributed by atoms with Crippen molar-refractivity contribution in [2.75, 3.05) is 7.05 Å². The fourth-order valence-corrected chi connectivity index (χ4v) is 5.09. The number of amides is 1. The van der Waals surface area contributed by atoms with E-state index >= 15 is 0 Å². The van der Waals surface area contributed by atoms with Gasteiger partial charge in [0, 0.05) is 33.5 Å². The molecule has 2 aromatic heterocycles. The molecule has 0 bridgehead atoms. The SMILES string of the molecule is CNS(=O)(=O)c1cc(-c2ccc3ncnn3c2)cc2c1C(c1cc(F)ccc1Cl)NC2=O. The highest BCUT2D eigenvalue weighted by atomic mass is 35.5. The number of carbonyl (C=O) groups excluding carboxylic acids is 1. The highest BCUT2D eigenvalue weighted by Gasteiger charge is 2.37. The number of hydrogen-bond donors (Lipinski definition) is 2. The Labute approximate surface area is 187 Å². The second-order valence-electron chi connectivity index (χ2n) is 7.20. The first-order valence-corrected chi connectivity index (χ1v) is 11.3. The van der Waals surface area contributed by atoms with Crippen molar-refractivity contribution in [1.82, 2.24) is 24.6 Å². The molecular formula is C21H15ClFN5O3S. The first-order valence-electron chi connectivity index (χ1n) is 9.45. The van der Waals surface area contributed by atoms with E-state index < -0.39 is 27.8 Å². The van der Waals surface area contributed by atoms with Gasteiger partial charge in [-0.1, -0.05) is 11.6 Å². The number of rotatable bonds is 4. The molecule has 2 N–H and O–H groups in total. The number of carbonyl (C=O) groups is 1. The quantitative estimate of drug-likeness (QED) is 0.476. The van der Waals surface area contributed by atoms with Crippen molar-refractivity contribution in [3.63, 3.8) is 0 Å². The molecule has 5 rings (SSSR count). The van der Waals surface area contributed by atoms with Gasteiger partial charge in [0.05, 0.1) is 10.9 Å². The Morgan fingerprint density at radius 3 is 2.75 bits per heavy atom. The average Bonchev–Trinajstić information content (AvgIpc) is 3.38. The summed E-state index contributed by atoms with van der Waals surface area (Å²) in [4.78, 5) is 16.9. The number of hydrogen-bond acceptors (Lipinski definition) is 5. The maximum atomic E-state index is 13.9. The molecule has 11 heteroatoms. The third-order valence-corrected chi connectivity index (χ3v) is 7.18. The van der Waals surface area contributed by atoms with E-state index in [1.807, 2.05) is 0 Å². The van der Waals surface area contributed by atoms with E-state index in [1.165, 1.54) is 37.6 Å². The van der Waals surface area contributed by atoms with Crippen LogP contribution >= 0.6 is 11.6 Å². The van der Waals surface area contributed by atoms with E-state index in [4.69, 9.17) is 11.6 Å². The monoisotopic (exact) mass is 471 g/mol. The predicted octanol–water partition coefficient (Wildman–Crippen LogP) is 2.93. The van der Waals surface area contributed by atoms with Gasteiger partial charge in [0.25, 0.3) is 5.91 Å². The summed E-state index contributed by atoms with van der Waals surface area (Å²) in [6.07, 6.45) is 3.09. The molecule has 1 aliphatic heterocycles. The molecule has 0 saturated carbocycles. The van der Waals surface area contributed by atoms with Crippen LogP contribution in [0.3, 0.4) is 0 Å². The van der Waals surface area contributed by atoms with Crippen LogP contribution in [-0.4, -0.2) is 36.0 Å². The number of nitrogens with zero attached hydrogens (tertiary/aromatic N) is 3. The summed E-state index contributed by atoms with van der Waals surface area (Å²) in [5.41, 5.74) is 2.40. The van der Waals surface area contributed by atoms with E-state index in [9.17, 15) is 17.6 Å². The summed E-state index contributed by atoms with van der Waals surface area (Å²) < 4.78 is 43.7. The molecule has 1 atom stereocenters. The van der Waals surface area contributed by atoms with E-state index in [0.29, 0.717) is 16.8 Å². The van der Waals surface area contributed by atoms with Crippen molar-refractivity contribution in [3.8, 4) is 11.1 Å². The first kappa shape index (κ1) is 20.6. The summed E-state index contributed by atoms with van der Waals surface area (Å²) >= 11 is 6.26. The van der Waals surface area contributed by atoms with Crippen LogP contribution in [0.15, 0.2) is 59.9 Å². The number of pyridine rings is 1. The maximum Gasteiger partial charge on any atom is 0.252 e. The molecule has 1 unspecified atom stereocenters. The number of nitrogens with one attached hydrogen (secondary N) is 2. The lowest BCUT2D eigenvalue weighted by Crippen LogP contribution is -2.23. The lowest BCUT2D eigenvalue weighted by Gasteiger charge is -2.18. The molecule has 1 aliphatic rings. The number of fused-ring (bicyclic) bond motifs is 2. The highest BCUT2D eigenvalue weighted by Crippen LogP contribution is 2.40. The predicted molar refractivity (Wildman–Crippen MR) is 115 cm³/mol. The van der Waals surface area contributed by atoms with Gasteiger partial charge in [-0.05, 0) is 55.1 Å². The van der Waals surface area contributed by atoms with Gasteiger partial charge in [0.1, 0.15) is 12.1 Å². The minimum atomic E-state index is -3.99. The average molecular weight is 472 g/mol. The lowest BCUT2D eigenvalue weighted by molar-refractivity contribution is 0.0960. The van der Waals surface area contributed by atoms with Gasteiger partial charge in [0.2, 0.25) is 10.0 Å². The second-order valence-corrected chi connectivity index (χ2v) is 9.46. The summed E-state index contributed by atoms with van der Waals surface area (Å²) in [7, 11) is -2.70. The van der Waals surface area contributed by atoms with E-state index in [1.54, 1.807) is 28.9 Å².